The van der Waals surface area contributed by atoms with Gasteiger partial charge in [0.1, 0.15) is 18.0 Å². The molecule has 0 radical (unpaired) electrons. The second-order valence-electron chi connectivity index (χ2n) is 3.24. The number of aliphatic hydroxyl groups is 3. The molecule has 2 unspecified atom stereocenters. The van der Waals surface area contributed by atoms with E-state index in [4.69, 9.17) is 10.8 Å². The first-order chi connectivity index (χ1) is 7.10. The number of hydrogen-bond donors (Lipinski definition) is 4. The van der Waals surface area contributed by atoms with Gasteiger partial charge in [-0.05, 0) is 23.3 Å². The van der Waals surface area contributed by atoms with Gasteiger partial charge in [0.05, 0.1) is 6.61 Å². The smallest absolute Gasteiger partial charge is 0.123 e. The first-order valence-electron chi connectivity index (χ1n) is 4.55. The van der Waals surface area contributed by atoms with Crippen molar-refractivity contribution >= 4 is 0 Å². The molecule has 0 aliphatic heterocycles. The average molecular weight is 215 g/mol. The Morgan fingerprint density at radius 2 is 2.00 bits per heavy atom. The van der Waals surface area contributed by atoms with Gasteiger partial charge >= 0.3 is 0 Å². The van der Waals surface area contributed by atoms with E-state index in [1.165, 1.54) is 18.2 Å². The molecule has 4 nitrogen and oxygen atoms in total. The third kappa shape index (κ3) is 2.73. The molecular formula is C10H14FNO3. The molecule has 0 bridgehead atoms. The SMILES string of the molecule is NCc1cc(F)ccc1C(O)C(O)CO. The summed E-state index contributed by atoms with van der Waals surface area (Å²) in [6.45, 7) is -0.509. The van der Waals surface area contributed by atoms with Crippen molar-refractivity contribution in [1.29, 1.82) is 0 Å². The molecule has 0 aromatic heterocycles. The van der Waals surface area contributed by atoms with E-state index in [9.17, 15) is 14.6 Å². The number of nitrogens with two attached hydrogens (primary N) is 1. The monoisotopic (exact) mass is 215 g/mol. The van der Waals surface area contributed by atoms with E-state index in [-0.39, 0.29) is 6.54 Å². The van der Waals surface area contributed by atoms with Gasteiger partial charge < -0.3 is 21.1 Å². The van der Waals surface area contributed by atoms with Gasteiger partial charge in [0.25, 0.3) is 0 Å². The van der Waals surface area contributed by atoms with Gasteiger partial charge in [-0.15, -0.1) is 0 Å². The summed E-state index contributed by atoms with van der Waals surface area (Å²) in [5.74, 6) is -0.454. The summed E-state index contributed by atoms with van der Waals surface area (Å²) in [6.07, 6.45) is -2.55. The lowest BCUT2D eigenvalue weighted by atomic mass is 9.99. The highest BCUT2D eigenvalue weighted by Crippen LogP contribution is 2.21. The fourth-order valence-corrected chi connectivity index (χ4v) is 1.35. The second kappa shape index (κ2) is 5.18. The maximum atomic E-state index is 12.8. The fraction of sp³-hybridized carbons (Fsp3) is 0.400. The van der Waals surface area contributed by atoms with Crippen LogP contribution in [0.1, 0.15) is 17.2 Å². The molecule has 0 amide bonds. The summed E-state index contributed by atoms with van der Waals surface area (Å²) in [4.78, 5) is 0. The molecule has 0 fully saturated rings. The minimum Gasteiger partial charge on any atom is -0.394 e. The van der Waals surface area contributed by atoms with Gasteiger partial charge in [-0.25, -0.2) is 4.39 Å². The van der Waals surface area contributed by atoms with Gasteiger partial charge in [0.2, 0.25) is 0 Å². The Kier molecular flexibility index (Phi) is 4.16. The molecule has 5 heteroatoms. The van der Waals surface area contributed by atoms with Crippen molar-refractivity contribution in [2.45, 2.75) is 18.8 Å². The van der Waals surface area contributed by atoms with Crippen molar-refractivity contribution in [3.8, 4) is 0 Å². The van der Waals surface area contributed by atoms with Crippen molar-refractivity contribution in [3.63, 3.8) is 0 Å². The van der Waals surface area contributed by atoms with Crippen LogP contribution in [0, 0.1) is 5.82 Å². The quantitative estimate of drug-likeness (QED) is 0.554. The van der Waals surface area contributed by atoms with Gasteiger partial charge in [0, 0.05) is 6.54 Å². The minimum atomic E-state index is -1.29. The number of hydrogen-bond acceptors (Lipinski definition) is 4. The third-order valence-electron chi connectivity index (χ3n) is 2.20. The van der Waals surface area contributed by atoms with Crippen LogP contribution < -0.4 is 5.73 Å². The zero-order chi connectivity index (χ0) is 11.4. The zero-order valence-corrected chi connectivity index (χ0v) is 8.10. The van der Waals surface area contributed by atoms with Crippen molar-refractivity contribution in [2.75, 3.05) is 6.61 Å². The first-order valence-corrected chi connectivity index (χ1v) is 4.55. The predicted molar refractivity (Wildman–Crippen MR) is 52.3 cm³/mol. The summed E-state index contributed by atoms with van der Waals surface area (Å²) >= 11 is 0. The number of rotatable bonds is 4. The molecule has 5 N–H and O–H groups in total. The van der Waals surface area contributed by atoms with E-state index in [0.717, 1.165) is 0 Å². The Hall–Kier alpha value is -1.01. The highest BCUT2D eigenvalue weighted by atomic mass is 19.1. The molecule has 0 aliphatic carbocycles. The van der Waals surface area contributed by atoms with Crippen LogP contribution in [-0.4, -0.2) is 28.0 Å². The largest absolute Gasteiger partial charge is 0.394 e. The molecule has 0 saturated carbocycles. The first kappa shape index (κ1) is 12.1. The lowest BCUT2D eigenvalue weighted by molar-refractivity contribution is -0.0156. The van der Waals surface area contributed by atoms with Gasteiger partial charge in [0.15, 0.2) is 0 Å². The van der Waals surface area contributed by atoms with Crippen LogP contribution in [0.2, 0.25) is 0 Å². The highest BCUT2D eigenvalue weighted by molar-refractivity contribution is 5.30. The topological polar surface area (TPSA) is 86.7 Å². The third-order valence-corrected chi connectivity index (χ3v) is 2.20. The summed E-state index contributed by atoms with van der Waals surface area (Å²) in [5, 5.41) is 27.5. The van der Waals surface area contributed by atoms with E-state index in [1.807, 2.05) is 0 Å². The molecule has 2 atom stereocenters. The molecule has 0 heterocycles. The molecule has 84 valence electrons. The van der Waals surface area contributed by atoms with Gasteiger partial charge in [-0.1, -0.05) is 6.07 Å². The maximum absolute atomic E-state index is 12.8. The van der Waals surface area contributed by atoms with Crippen LogP contribution in [0.3, 0.4) is 0 Å². The molecule has 1 aromatic rings. The summed E-state index contributed by atoms with van der Waals surface area (Å²) in [6, 6.07) is 3.71. The summed E-state index contributed by atoms with van der Waals surface area (Å²) in [7, 11) is 0. The second-order valence-corrected chi connectivity index (χ2v) is 3.24. The van der Waals surface area contributed by atoms with Crippen LogP contribution in [0.15, 0.2) is 18.2 Å². The van der Waals surface area contributed by atoms with Crippen LogP contribution in [-0.2, 0) is 6.54 Å². The van der Waals surface area contributed by atoms with Gasteiger partial charge in [-0.3, -0.25) is 0 Å². The predicted octanol–water partition coefficient (Wildman–Crippen LogP) is -0.329. The molecular weight excluding hydrogens is 201 g/mol. The number of halogens is 1. The molecule has 0 spiro atoms. The van der Waals surface area contributed by atoms with Crippen molar-refractivity contribution in [3.05, 3.63) is 35.1 Å². The van der Waals surface area contributed by atoms with E-state index < -0.39 is 24.6 Å². The fourth-order valence-electron chi connectivity index (χ4n) is 1.35. The lowest BCUT2D eigenvalue weighted by Gasteiger charge is -2.18. The Balaban J connectivity index is 3.02. The molecule has 0 aliphatic rings. The maximum Gasteiger partial charge on any atom is 0.123 e. The number of benzene rings is 1. The van der Waals surface area contributed by atoms with Crippen LogP contribution in [0.4, 0.5) is 4.39 Å². The van der Waals surface area contributed by atoms with E-state index >= 15 is 0 Å². The summed E-state index contributed by atoms with van der Waals surface area (Å²) < 4.78 is 12.8. The van der Waals surface area contributed by atoms with Crippen molar-refractivity contribution in [2.24, 2.45) is 5.73 Å². The van der Waals surface area contributed by atoms with Crippen molar-refractivity contribution < 1.29 is 19.7 Å². The van der Waals surface area contributed by atoms with Crippen LogP contribution >= 0.6 is 0 Å². The lowest BCUT2D eigenvalue weighted by Crippen LogP contribution is -2.23. The van der Waals surface area contributed by atoms with E-state index in [2.05, 4.69) is 0 Å². The standard InChI is InChI=1S/C10H14FNO3/c11-7-1-2-8(6(3-7)4-12)10(15)9(14)5-13/h1-3,9-10,13-15H,4-5,12H2. The van der Waals surface area contributed by atoms with E-state index in [0.29, 0.717) is 11.1 Å². The average Bonchev–Trinajstić information content (AvgIpc) is 2.26. The Labute approximate surface area is 86.8 Å². The minimum absolute atomic E-state index is 0.0578. The summed E-state index contributed by atoms with van der Waals surface area (Å²) in [5.41, 5.74) is 6.12. The Morgan fingerprint density at radius 3 is 2.53 bits per heavy atom. The van der Waals surface area contributed by atoms with Gasteiger partial charge in [-0.2, -0.15) is 0 Å². The molecule has 1 rings (SSSR count). The Bertz CT molecular complexity index is 332. The van der Waals surface area contributed by atoms with Crippen LogP contribution in [0.5, 0.6) is 0 Å². The molecule has 1 aromatic carbocycles. The normalized spacial score (nSPS) is 15.0. The zero-order valence-electron chi connectivity index (χ0n) is 8.10. The van der Waals surface area contributed by atoms with Crippen molar-refractivity contribution in [1.82, 2.24) is 0 Å². The van der Waals surface area contributed by atoms with Crippen LogP contribution in [0.25, 0.3) is 0 Å². The Morgan fingerprint density at radius 1 is 1.33 bits per heavy atom. The molecule has 15 heavy (non-hydrogen) atoms. The highest BCUT2D eigenvalue weighted by Gasteiger charge is 2.20. The molecule has 0 saturated heterocycles. The van der Waals surface area contributed by atoms with E-state index in [1.54, 1.807) is 0 Å². The number of aliphatic hydroxyl groups excluding tert-OH is 3.